The average molecular weight is 306 g/mol. The van der Waals surface area contributed by atoms with Crippen molar-refractivity contribution < 1.29 is 8.42 Å². The number of benzene rings is 1. The summed E-state index contributed by atoms with van der Waals surface area (Å²) in [5.74, 6) is -0.0434. The molecule has 0 saturated heterocycles. The van der Waals surface area contributed by atoms with Crippen LogP contribution in [0, 0.1) is 0 Å². The molecule has 6 heteroatoms. The predicted molar refractivity (Wildman–Crippen MR) is 66.1 cm³/mol. The Labute approximate surface area is 102 Å². The van der Waals surface area contributed by atoms with Gasteiger partial charge in [-0.05, 0) is 36.5 Å². The van der Waals surface area contributed by atoms with E-state index in [1.54, 1.807) is 24.3 Å². The Morgan fingerprint density at radius 1 is 1.33 bits per heavy atom. The molecule has 0 bridgehead atoms. The van der Waals surface area contributed by atoms with Crippen LogP contribution in [0.25, 0.3) is 0 Å². The van der Waals surface area contributed by atoms with Crippen LogP contribution < -0.4 is 0 Å². The molecule has 0 amide bonds. The third kappa shape index (κ3) is 3.83. The van der Waals surface area contributed by atoms with Crippen molar-refractivity contribution in [1.82, 2.24) is 0 Å². The normalized spacial score (nSPS) is 10.7. The second-order valence-electron chi connectivity index (χ2n) is 2.75. The molecule has 0 heterocycles. The molecular formula is C9H8BrNO2S2. The first kappa shape index (κ1) is 12.5. The molecule has 0 N–H and O–H groups in total. The van der Waals surface area contributed by atoms with Crippen LogP contribution in [0.15, 0.2) is 38.6 Å². The summed E-state index contributed by atoms with van der Waals surface area (Å²) in [6.45, 7) is 0.155. The molecule has 0 radical (unpaired) electrons. The van der Waals surface area contributed by atoms with Crippen LogP contribution in [0.5, 0.6) is 0 Å². The van der Waals surface area contributed by atoms with Crippen LogP contribution in [0.1, 0.15) is 0 Å². The number of aliphatic imine (C=N–C) groups is 1. The number of thiocarbonyl (C=S) groups is 1. The monoisotopic (exact) mass is 305 g/mol. The molecule has 0 fully saturated rings. The summed E-state index contributed by atoms with van der Waals surface area (Å²) >= 11 is 7.60. The van der Waals surface area contributed by atoms with Gasteiger partial charge in [0.25, 0.3) is 0 Å². The summed E-state index contributed by atoms with van der Waals surface area (Å²) in [5, 5.41) is 2.14. The highest BCUT2D eigenvalue weighted by molar-refractivity contribution is 9.10. The van der Waals surface area contributed by atoms with E-state index in [4.69, 9.17) is 0 Å². The zero-order chi connectivity index (χ0) is 11.3. The van der Waals surface area contributed by atoms with Crippen LogP contribution in [0.2, 0.25) is 0 Å². The first-order chi connectivity index (χ1) is 7.06. The minimum atomic E-state index is -3.25. The zero-order valence-corrected chi connectivity index (χ0v) is 10.9. The van der Waals surface area contributed by atoms with Gasteiger partial charge in [-0.25, -0.2) is 13.4 Å². The maximum atomic E-state index is 11.7. The molecule has 0 aliphatic heterocycles. The maximum absolute atomic E-state index is 11.7. The molecule has 15 heavy (non-hydrogen) atoms. The van der Waals surface area contributed by atoms with Crippen molar-refractivity contribution in [1.29, 1.82) is 0 Å². The Hall–Kier alpha value is -0.550. The number of sulfone groups is 1. The quantitative estimate of drug-likeness (QED) is 0.633. The van der Waals surface area contributed by atoms with Crippen LogP contribution in [0.4, 0.5) is 0 Å². The second-order valence-corrected chi connectivity index (χ2v) is 5.95. The molecule has 0 aliphatic carbocycles. The van der Waals surface area contributed by atoms with E-state index in [1.165, 1.54) is 0 Å². The largest absolute Gasteiger partial charge is 0.231 e. The lowest BCUT2D eigenvalue weighted by Gasteiger charge is -2.01. The van der Waals surface area contributed by atoms with Gasteiger partial charge in [-0.3, -0.25) is 0 Å². The van der Waals surface area contributed by atoms with Crippen LogP contribution in [-0.2, 0) is 9.84 Å². The summed E-state index contributed by atoms with van der Waals surface area (Å²) in [4.78, 5) is 3.87. The fraction of sp³-hybridized carbons (Fsp3) is 0.222. The molecule has 1 aromatic carbocycles. The minimum Gasteiger partial charge on any atom is -0.231 e. The Morgan fingerprint density at radius 2 is 1.93 bits per heavy atom. The van der Waals surface area contributed by atoms with E-state index in [2.05, 4.69) is 38.3 Å². The number of rotatable bonds is 4. The highest BCUT2D eigenvalue weighted by atomic mass is 79.9. The van der Waals surface area contributed by atoms with Crippen LogP contribution in [-0.4, -0.2) is 25.9 Å². The number of nitrogens with zero attached hydrogens (tertiary/aromatic N) is 1. The van der Waals surface area contributed by atoms with Crippen molar-refractivity contribution in [2.75, 3.05) is 12.3 Å². The van der Waals surface area contributed by atoms with E-state index in [0.717, 1.165) is 4.47 Å². The van der Waals surface area contributed by atoms with Gasteiger partial charge in [-0.1, -0.05) is 15.9 Å². The Morgan fingerprint density at radius 3 is 2.47 bits per heavy atom. The number of halogens is 1. The highest BCUT2D eigenvalue weighted by Gasteiger charge is 2.12. The van der Waals surface area contributed by atoms with Gasteiger partial charge in [0.1, 0.15) is 0 Å². The lowest BCUT2D eigenvalue weighted by Crippen LogP contribution is -2.09. The Balaban J connectivity index is 2.86. The van der Waals surface area contributed by atoms with Gasteiger partial charge in [0, 0.05) is 4.47 Å². The van der Waals surface area contributed by atoms with Gasteiger partial charge < -0.3 is 0 Å². The van der Waals surface area contributed by atoms with Crippen LogP contribution >= 0.6 is 28.1 Å². The van der Waals surface area contributed by atoms with E-state index in [9.17, 15) is 8.42 Å². The smallest absolute Gasteiger partial charge is 0.180 e. The first-order valence-electron chi connectivity index (χ1n) is 4.08. The van der Waals surface area contributed by atoms with E-state index in [0.29, 0.717) is 4.90 Å². The highest BCUT2D eigenvalue weighted by Crippen LogP contribution is 2.15. The number of hydrogen-bond acceptors (Lipinski definition) is 4. The molecule has 1 rings (SSSR count). The molecule has 0 aliphatic rings. The molecular weight excluding hydrogens is 298 g/mol. The Kier molecular flexibility index (Phi) is 4.60. The molecule has 0 saturated carbocycles. The summed E-state index contributed by atoms with van der Waals surface area (Å²) in [7, 11) is -3.25. The number of isothiocyanates is 1. The van der Waals surface area contributed by atoms with Gasteiger partial charge in [-0.15, -0.1) is 0 Å². The molecule has 0 unspecified atom stereocenters. The van der Waals surface area contributed by atoms with Gasteiger partial charge in [0.15, 0.2) is 9.84 Å². The lowest BCUT2D eigenvalue weighted by atomic mass is 10.4. The molecule has 80 valence electrons. The van der Waals surface area contributed by atoms with E-state index in [1.807, 2.05) is 0 Å². The predicted octanol–water partition coefficient (Wildman–Crippen LogP) is 2.33. The van der Waals surface area contributed by atoms with Crippen molar-refractivity contribution >= 4 is 43.1 Å². The minimum absolute atomic E-state index is 0.0434. The molecule has 1 aromatic rings. The molecule has 0 atom stereocenters. The average Bonchev–Trinajstić information content (AvgIpc) is 2.18. The van der Waals surface area contributed by atoms with Crippen molar-refractivity contribution in [2.24, 2.45) is 4.99 Å². The third-order valence-corrected chi connectivity index (χ3v) is 4.08. The van der Waals surface area contributed by atoms with Crippen molar-refractivity contribution in [3.63, 3.8) is 0 Å². The third-order valence-electron chi connectivity index (χ3n) is 1.71. The van der Waals surface area contributed by atoms with Crippen molar-refractivity contribution in [2.45, 2.75) is 4.90 Å². The van der Waals surface area contributed by atoms with Gasteiger partial charge in [0.2, 0.25) is 0 Å². The van der Waals surface area contributed by atoms with Crippen LogP contribution in [0.3, 0.4) is 0 Å². The zero-order valence-electron chi connectivity index (χ0n) is 7.68. The molecule has 3 nitrogen and oxygen atoms in total. The summed E-state index contributed by atoms with van der Waals surface area (Å²) in [5.41, 5.74) is 0. The van der Waals surface area contributed by atoms with Crippen molar-refractivity contribution in [3.8, 4) is 0 Å². The van der Waals surface area contributed by atoms with E-state index >= 15 is 0 Å². The van der Waals surface area contributed by atoms with Gasteiger partial charge in [0.05, 0.1) is 22.4 Å². The maximum Gasteiger partial charge on any atom is 0.180 e. The van der Waals surface area contributed by atoms with E-state index in [-0.39, 0.29) is 12.3 Å². The van der Waals surface area contributed by atoms with Crippen molar-refractivity contribution in [3.05, 3.63) is 28.7 Å². The Bertz CT molecular complexity index is 475. The second kappa shape index (κ2) is 5.51. The summed E-state index contributed by atoms with van der Waals surface area (Å²) in [6.07, 6.45) is 0. The van der Waals surface area contributed by atoms with Gasteiger partial charge >= 0.3 is 0 Å². The standard InChI is InChI=1S/C9H8BrNO2S2/c10-8-1-3-9(4-2-8)15(12,13)6-5-11-7-14/h1-4H,5-6H2. The fourth-order valence-electron chi connectivity index (χ4n) is 0.971. The SMILES string of the molecule is O=S(=O)(CCN=C=S)c1ccc(Br)cc1. The topological polar surface area (TPSA) is 46.5 Å². The lowest BCUT2D eigenvalue weighted by molar-refractivity contribution is 0.596. The summed E-state index contributed by atoms with van der Waals surface area (Å²) < 4.78 is 24.2. The van der Waals surface area contributed by atoms with Gasteiger partial charge in [-0.2, -0.15) is 0 Å². The fourth-order valence-corrected chi connectivity index (χ4v) is 2.44. The van der Waals surface area contributed by atoms with E-state index < -0.39 is 9.84 Å². The summed E-state index contributed by atoms with van der Waals surface area (Å²) in [6, 6.07) is 6.49. The molecule has 0 aromatic heterocycles. The number of hydrogen-bond donors (Lipinski definition) is 0. The molecule has 0 spiro atoms. The first-order valence-corrected chi connectivity index (χ1v) is 6.93.